The number of hydrogen-bond donors (Lipinski definition) is 1. The third-order valence-corrected chi connectivity index (χ3v) is 5.33. The van der Waals surface area contributed by atoms with E-state index in [4.69, 9.17) is 0 Å². The van der Waals surface area contributed by atoms with Gasteiger partial charge < -0.3 is 5.32 Å². The molecular weight excluding hydrogens is 206 g/mol. The van der Waals surface area contributed by atoms with Crippen molar-refractivity contribution in [1.82, 2.24) is 5.32 Å². The molecule has 0 aromatic carbocycles. The van der Waals surface area contributed by atoms with E-state index in [1.165, 1.54) is 12.8 Å². The molecule has 0 aromatic rings. The monoisotopic (exact) mass is 231 g/mol. The lowest BCUT2D eigenvalue weighted by Gasteiger charge is -2.35. The second-order valence-corrected chi connectivity index (χ2v) is 7.20. The highest BCUT2D eigenvalue weighted by Crippen LogP contribution is 2.28. The maximum absolute atomic E-state index is 12.2. The highest BCUT2D eigenvalue weighted by atomic mass is 32.2. The van der Waals surface area contributed by atoms with Crippen LogP contribution in [0, 0.1) is 5.92 Å². The zero-order chi connectivity index (χ0) is 11.4. The van der Waals surface area contributed by atoms with Gasteiger partial charge in [-0.2, -0.15) is 0 Å². The number of rotatable bonds is 4. The van der Waals surface area contributed by atoms with E-state index < -0.39 is 10.8 Å². The van der Waals surface area contributed by atoms with Crippen molar-refractivity contribution in [3.63, 3.8) is 0 Å². The quantitative estimate of drug-likeness (QED) is 0.804. The van der Waals surface area contributed by atoms with E-state index in [0.29, 0.717) is 16.5 Å². The first-order valence-corrected chi connectivity index (χ1v) is 7.46. The highest BCUT2D eigenvalue weighted by molar-refractivity contribution is 7.86. The van der Waals surface area contributed by atoms with Crippen molar-refractivity contribution in [3.8, 4) is 0 Å². The van der Waals surface area contributed by atoms with Gasteiger partial charge in [-0.25, -0.2) is 0 Å². The molecule has 0 amide bonds. The smallest absolute Gasteiger partial charge is 0.0506 e. The van der Waals surface area contributed by atoms with Crippen LogP contribution in [0.2, 0.25) is 0 Å². The van der Waals surface area contributed by atoms with Gasteiger partial charge in [-0.3, -0.25) is 4.21 Å². The predicted molar refractivity (Wildman–Crippen MR) is 67.5 cm³/mol. The molecule has 15 heavy (non-hydrogen) atoms. The first kappa shape index (κ1) is 13.2. The van der Waals surface area contributed by atoms with E-state index in [2.05, 4.69) is 33.0 Å². The lowest BCUT2D eigenvalue weighted by atomic mass is 9.87. The van der Waals surface area contributed by atoms with Gasteiger partial charge in [0.15, 0.2) is 0 Å². The molecule has 0 aliphatic heterocycles. The van der Waals surface area contributed by atoms with Crippen LogP contribution in [-0.4, -0.2) is 27.3 Å². The maximum Gasteiger partial charge on any atom is 0.0506 e. The van der Waals surface area contributed by atoms with Crippen molar-refractivity contribution in [1.29, 1.82) is 0 Å². The largest absolute Gasteiger partial charge is 0.313 e. The topological polar surface area (TPSA) is 29.1 Å². The lowest BCUT2D eigenvalue weighted by molar-refractivity contribution is 0.316. The number of hydrogen-bond acceptors (Lipinski definition) is 2. The normalized spacial score (nSPS) is 34.3. The maximum atomic E-state index is 12.2. The molecule has 0 radical (unpaired) electrons. The summed E-state index contributed by atoms with van der Waals surface area (Å²) in [4.78, 5) is 0. The molecule has 2 nitrogen and oxygen atoms in total. The molecule has 0 saturated heterocycles. The van der Waals surface area contributed by atoms with Gasteiger partial charge in [-0.1, -0.05) is 27.7 Å². The molecule has 0 heterocycles. The minimum atomic E-state index is -0.673. The summed E-state index contributed by atoms with van der Waals surface area (Å²) in [7, 11) is -0.673. The standard InChI is InChI=1S/C12H25NOS/c1-5-13-11-7-6-10(4)8-12(11)15(14)9(2)3/h9-13H,5-8H2,1-4H3. The van der Waals surface area contributed by atoms with Crippen LogP contribution < -0.4 is 5.32 Å². The molecule has 0 aromatic heterocycles. The van der Waals surface area contributed by atoms with E-state index in [1.807, 2.05) is 0 Å². The number of nitrogens with one attached hydrogen (secondary N) is 1. The molecule has 1 fully saturated rings. The minimum Gasteiger partial charge on any atom is -0.313 e. The van der Waals surface area contributed by atoms with Gasteiger partial charge in [0, 0.05) is 22.1 Å². The minimum absolute atomic E-state index is 0.293. The second kappa shape index (κ2) is 6.00. The van der Waals surface area contributed by atoms with Gasteiger partial charge in [-0.15, -0.1) is 0 Å². The van der Waals surface area contributed by atoms with Gasteiger partial charge in [-0.05, 0) is 31.7 Å². The fourth-order valence-electron chi connectivity index (χ4n) is 2.43. The third-order valence-electron chi connectivity index (χ3n) is 3.28. The Bertz CT molecular complexity index is 218. The van der Waals surface area contributed by atoms with E-state index >= 15 is 0 Å². The van der Waals surface area contributed by atoms with E-state index in [0.717, 1.165) is 18.9 Å². The summed E-state index contributed by atoms with van der Waals surface area (Å²) in [5.74, 6) is 0.743. The molecule has 0 bridgehead atoms. The Hall–Kier alpha value is 0.110. The summed E-state index contributed by atoms with van der Waals surface area (Å²) in [6.45, 7) is 9.54. The van der Waals surface area contributed by atoms with Crippen LogP contribution in [0.25, 0.3) is 0 Å². The van der Waals surface area contributed by atoms with Gasteiger partial charge >= 0.3 is 0 Å². The summed E-state index contributed by atoms with van der Waals surface area (Å²) in [5.41, 5.74) is 0. The van der Waals surface area contributed by atoms with Crippen LogP contribution in [0.5, 0.6) is 0 Å². The fraction of sp³-hybridized carbons (Fsp3) is 1.00. The van der Waals surface area contributed by atoms with Crippen molar-refractivity contribution >= 4 is 10.8 Å². The summed E-state index contributed by atoms with van der Waals surface area (Å²) < 4.78 is 12.2. The van der Waals surface area contributed by atoms with Crippen LogP contribution in [0.4, 0.5) is 0 Å². The van der Waals surface area contributed by atoms with Crippen LogP contribution in [-0.2, 0) is 10.8 Å². The van der Waals surface area contributed by atoms with Crippen LogP contribution in [0.3, 0.4) is 0 Å². The summed E-state index contributed by atoms with van der Waals surface area (Å²) >= 11 is 0. The van der Waals surface area contributed by atoms with Gasteiger partial charge in [0.05, 0.1) is 5.25 Å². The summed E-state index contributed by atoms with van der Waals surface area (Å²) in [5, 5.41) is 4.16. The summed E-state index contributed by atoms with van der Waals surface area (Å²) in [6, 6.07) is 0.481. The van der Waals surface area contributed by atoms with E-state index in [9.17, 15) is 4.21 Å². The molecule has 1 N–H and O–H groups in total. The molecule has 1 aliphatic rings. The van der Waals surface area contributed by atoms with Crippen molar-refractivity contribution < 1.29 is 4.21 Å². The Labute approximate surface area is 96.7 Å². The first-order chi connectivity index (χ1) is 7.06. The molecule has 1 rings (SSSR count). The first-order valence-electron chi connectivity index (χ1n) is 6.19. The average molecular weight is 231 g/mol. The van der Waals surface area contributed by atoms with Crippen LogP contribution in [0.1, 0.15) is 47.0 Å². The van der Waals surface area contributed by atoms with Crippen LogP contribution >= 0.6 is 0 Å². The molecule has 0 spiro atoms. The van der Waals surface area contributed by atoms with Crippen molar-refractivity contribution in [2.45, 2.75) is 63.5 Å². The Morgan fingerprint density at radius 3 is 2.60 bits per heavy atom. The molecule has 4 unspecified atom stereocenters. The second-order valence-electron chi connectivity index (χ2n) is 5.00. The highest BCUT2D eigenvalue weighted by Gasteiger charge is 2.33. The average Bonchev–Trinajstić information content (AvgIpc) is 2.20. The van der Waals surface area contributed by atoms with Gasteiger partial charge in [0.25, 0.3) is 0 Å². The SMILES string of the molecule is CCNC1CCC(C)CC1S(=O)C(C)C. The van der Waals surface area contributed by atoms with Crippen molar-refractivity contribution in [2.75, 3.05) is 6.54 Å². The zero-order valence-corrected chi connectivity index (χ0v) is 11.3. The van der Waals surface area contributed by atoms with Gasteiger partial charge in [0.1, 0.15) is 0 Å². The van der Waals surface area contributed by atoms with E-state index in [-0.39, 0.29) is 0 Å². The van der Waals surface area contributed by atoms with Gasteiger partial charge in [0.2, 0.25) is 0 Å². The Balaban J connectivity index is 2.65. The molecule has 1 saturated carbocycles. The third kappa shape index (κ3) is 3.56. The molecule has 4 atom stereocenters. The Kier molecular flexibility index (Phi) is 5.27. The van der Waals surface area contributed by atoms with Crippen molar-refractivity contribution in [2.24, 2.45) is 5.92 Å². The van der Waals surface area contributed by atoms with Crippen LogP contribution in [0.15, 0.2) is 0 Å². The molecule has 90 valence electrons. The fourth-order valence-corrected chi connectivity index (χ4v) is 4.20. The summed E-state index contributed by atoms with van der Waals surface area (Å²) in [6.07, 6.45) is 3.60. The molecule has 1 aliphatic carbocycles. The zero-order valence-electron chi connectivity index (χ0n) is 10.5. The Morgan fingerprint density at radius 2 is 2.07 bits per heavy atom. The van der Waals surface area contributed by atoms with Crippen molar-refractivity contribution in [3.05, 3.63) is 0 Å². The van der Waals surface area contributed by atoms with E-state index in [1.54, 1.807) is 0 Å². The predicted octanol–water partition coefficient (Wildman–Crippen LogP) is 2.31. The lowest BCUT2D eigenvalue weighted by Crippen LogP contribution is -2.47. The molecular formula is C12H25NOS. The Morgan fingerprint density at radius 1 is 1.40 bits per heavy atom. The molecule has 3 heteroatoms.